The summed E-state index contributed by atoms with van der Waals surface area (Å²) >= 11 is 0. The Kier molecular flexibility index (Phi) is 6.46. The first-order valence-electron chi connectivity index (χ1n) is 10.8. The van der Waals surface area contributed by atoms with Crippen molar-refractivity contribution in [2.45, 2.75) is 71.4 Å². The standard InChI is InChI=1S/C21H37F2N3O/c1-15(2)17-5-9-24(10-6-17)19-8-12-26(14-21(19,22)23)20(27)18-7-11-25(13-18)16(3)4/h15-19H,5-14H2,1-4H3/t18-,19?/m1/s1. The van der Waals surface area contributed by atoms with Crippen LogP contribution in [0, 0.1) is 17.8 Å². The molecule has 3 saturated heterocycles. The largest absolute Gasteiger partial charge is 0.336 e. The SMILES string of the molecule is CC(C)C1CCN(C2CCN(C(=O)[C@@H]3CCN(C(C)C)C3)CC2(F)F)CC1. The van der Waals surface area contributed by atoms with E-state index in [1.807, 2.05) is 4.90 Å². The van der Waals surface area contributed by atoms with E-state index in [-0.39, 0.29) is 11.8 Å². The third-order valence-electron chi connectivity index (χ3n) is 7.13. The number of carbonyl (C=O) groups excluding carboxylic acids is 1. The fourth-order valence-corrected chi connectivity index (χ4v) is 5.18. The maximum absolute atomic E-state index is 15.0. The van der Waals surface area contributed by atoms with Gasteiger partial charge in [-0.3, -0.25) is 9.69 Å². The fraction of sp³-hybridized carbons (Fsp3) is 0.952. The van der Waals surface area contributed by atoms with Crippen molar-refractivity contribution in [1.82, 2.24) is 14.7 Å². The van der Waals surface area contributed by atoms with E-state index in [1.165, 1.54) is 4.90 Å². The van der Waals surface area contributed by atoms with Gasteiger partial charge in [-0.2, -0.15) is 0 Å². The zero-order valence-corrected chi connectivity index (χ0v) is 17.5. The van der Waals surface area contributed by atoms with Gasteiger partial charge in [0.25, 0.3) is 5.92 Å². The summed E-state index contributed by atoms with van der Waals surface area (Å²) in [5, 5.41) is 0. The normalized spacial score (nSPS) is 31.2. The number of nitrogens with zero attached hydrogens (tertiary/aromatic N) is 3. The smallest absolute Gasteiger partial charge is 0.280 e. The van der Waals surface area contributed by atoms with Gasteiger partial charge in [0.15, 0.2) is 0 Å². The zero-order chi connectivity index (χ0) is 19.8. The van der Waals surface area contributed by atoms with Crippen LogP contribution in [-0.2, 0) is 4.79 Å². The second-order valence-electron chi connectivity index (χ2n) is 9.52. The van der Waals surface area contributed by atoms with E-state index in [2.05, 4.69) is 32.6 Å². The molecule has 0 saturated carbocycles. The van der Waals surface area contributed by atoms with Crippen LogP contribution in [0.5, 0.6) is 0 Å². The molecule has 0 aromatic carbocycles. The van der Waals surface area contributed by atoms with Crippen molar-refractivity contribution in [3.05, 3.63) is 0 Å². The van der Waals surface area contributed by atoms with Gasteiger partial charge in [0.05, 0.1) is 18.5 Å². The van der Waals surface area contributed by atoms with Gasteiger partial charge >= 0.3 is 0 Å². The molecule has 3 heterocycles. The second-order valence-corrected chi connectivity index (χ2v) is 9.52. The maximum Gasteiger partial charge on any atom is 0.280 e. The van der Waals surface area contributed by atoms with Crippen LogP contribution in [0.3, 0.4) is 0 Å². The summed E-state index contributed by atoms with van der Waals surface area (Å²) in [6.45, 7) is 11.9. The summed E-state index contributed by atoms with van der Waals surface area (Å²) in [4.78, 5) is 18.5. The molecule has 0 aliphatic carbocycles. The van der Waals surface area contributed by atoms with Crippen LogP contribution in [0.15, 0.2) is 0 Å². The third-order valence-corrected chi connectivity index (χ3v) is 7.13. The first-order valence-corrected chi connectivity index (χ1v) is 10.8. The van der Waals surface area contributed by atoms with Gasteiger partial charge in [-0.1, -0.05) is 13.8 Å². The Balaban J connectivity index is 1.55. The van der Waals surface area contributed by atoms with Crippen molar-refractivity contribution in [2.24, 2.45) is 17.8 Å². The van der Waals surface area contributed by atoms with Crippen LogP contribution in [0.4, 0.5) is 8.78 Å². The van der Waals surface area contributed by atoms with Gasteiger partial charge in [-0.25, -0.2) is 8.78 Å². The lowest BCUT2D eigenvalue weighted by atomic mass is 9.85. The summed E-state index contributed by atoms with van der Waals surface area (Å²) in [7, 11) is 0. The molecule has 3 rings (SSSR count). The Morgan fingerprint density at radius 1 is 0.963 bits per heavy atom. The molecule has 4 nitrogen and oxygen atoms in total. The Hall–Kier alpha value is -0.750. The molecule has 1 unspecified atom stereocenters. The second kappa shape index (κ2) is 8.32. The number of alkyl halides is 2. The van der Waals surface area contributed by atoms with Crippen molar-refractivity contribution >= 4 is 5.91 Å². The van der Waals surface area contributed by atoms with E-state index >= 15 is 0 Å². The number of hydrogen-bond donors (Lipinski definition) is 0. The third kappa shape index (κ3) is 4.64. The molecular weight excluding hydrogens is 348 g/mol. The van der Waals surface area contributed by atoms with Crippen molar-refractivity contribution in [2.75, 3.05) is 39.3 Å². The molecule has 0 bridgehead atoms. The molecule has 3 aliphatic rings. The van der Waals surface area contributed by atoms with E-state index in [9.17, 15) is 13.6 Å². The lowest BCUT2D eigenvalue weighted by Crippen LogP contribution is -2.61. The molecule has 0 N–H and O–H groups in total. The molecule has 0 aromatic heterocycles. The highest BCUT2D eigenvalue weighted by molar-refractivity contribution is 5.79. The number of piperidine rings is 2. The highest BCUT2D eigenvalue weighted by atomic mass is 19.3. The lowest BCUT2D eigenvalue weighted by Gasteiger charge is -2.46. The van der Waals surface area contributed by atoms with E-state index in [0.29, 0.717) is 37.4 Å². The topological polar surface area (TPSA) is 26.8 Å². The first kappa shape index (κ1) is 21.0. The number of halogens is 2. The van der Waals surface area contributed by atoms with E-state index in [1.54, 1.807) is 0 Å². The van der Waals surface area contributed by atoms with Gasteiger partial charge in [-0.15, -0.1) is 0 Å². The van der Waals surface area contributed by atoms with E-state index < -0.39 is 18.5 Å². The Morgan fingerprint density at radius 3 is 2.15 bits per heavy atom. The van der Waals surface area contributed by atoms with Crippen LogP contribution < -0.4 is 0 Å². The lowest BCUT2D eigenvalue weighted by molar-refractivity contribution is -0.159. The average Bonchev–Trinajstić information content (AvgIpc) is 3.10. The zero-order valence-electron chi connectivity index (χ0n) is 17.5. The first-order chi connectivity index (χ1) is 12.7. The minimum atomic E-state index is -2.81. The monoisotopic (exact) mass is 385 g/mol. The summed E-state index contributed by atoms with van der Waals surface area (Å²) in [5.41, 5.74) is 0. The summed E-state index contributed by atoms with van der Waals surface area (Å²) in [5.74, 6) is -1.70. The van der Waals surface area contributed by atoms with Crippen molar-refractivity contribution in [3.63, 3.8) is 0 Å². The van der Waals surface area contributed by atoms with Crippen molar-refractivity contribution in [1.29, 1.82) is 0 Å². The van der Waals surface area contributed by atoms with Gasteiger partial charge in [-0.05, 0) is 71.0 Å². The molecule has 1 amide bonds. The number of carbonyl (C=O) groups is 1. The minimum Gasteiger partial charge on any atom is -0.336 e. The highest BCUT2D eigenvalue weighted by Crippen LogP contribution is 2.36. The van der Waals surface area contributed by atoms with E-state index in [4.69, 9.17) is 0 Å². The Bertz CT molecular complexity index is 518. The predicted octanol–water partition coefficient (Wildman–Crippen LogP) is 3.32. The predicted molar refractivity (Wildman–Crippen MR) is 104 cm³/mol. The number of amides is 1. The average molecular weight is 386 g/mol. The molecule has 6 heteroatoms. The highest BCUT2D eigenvalue weighted by Gasteiger charge is 2.49. The quantitative estimate of drug-likeness (QED) is 0.743. The molecule has 2 atom stereocenters. The molecule has 0 radical (unpaired) electrons. The summed E-state index contributed by atoms with van der Waals surface area (Å²) in [6.07, 6.45) is 3.22. The molecule has 3 aliphatic heterocycles. The van der Waals surface area contributed by atoms with Crippen LogP contribution in [0.25, 0.3) is 0 Å². The Labute approximate surface area is 163 Å². The molecular formula is C21H37F2N3O. The summed E-state index contributed by atoms with van der Waals surface area (Å²) in [6, 6.07) is -0.297. The number of likely N-dealkylation sites (tertiary alicyclic amines) is 3. The van der Waals surface area contributed by atoms with Crippen LogP contribution >= 0.6 is 0 Å². The minimum absolute atomic E-state index is 0.0604. The van der Waals surface area contributed by atoms with Gasteiger partial charge in [0, 0.05) is 19.1 Å². The van der Waals surface area contributed by atoms with Crippen molar-refractivity contribution < 1.29 is 13.6 Å². The van der Waals surface area contributed by atoms with Gasteiger partial charge < -0.3 is 9.80 Å². The van der Waals surface area contributed by atoms with Crippen molar-refractivity contribution in [3.8, 4) is 0 Å². The fourth-order valence-electron chi connectivity index (χ4n) is 5.18. The molecule has 3 fully saturated rings. The maximum atomic E-state index is 15.0. The Morgan fingerprint density at radius 2 is 1.63 bits per heavy atom. The molecule has 0 aromatic rings. The van der Waals surface area contributed by atoms with E-state index in [0.717, 1.165) is 38.9 Å². The number of rotatable bonds is 4. The molecule has 0 spiro atoms. The summed E-state index contributed by atoms with van der Waals surface area (Å²) < 4.78 is 29.9. The number of hydrogen-bond acceptors (Lipinski definition) is 3. The van der Waals surface area contributed by atoms with Crippen LogP contribution in [0.1, 0.15) is 53.4 Å². The van der Waals surface area contributed by atoms with Crippen LogP contribution in [-0.4, -0.2) is 77.9 Å². The molecule has 27 heavy (non-hydrogen) atoms. The van der Waals surface area contributed by atoms with Gasteiger partial charge in [0.2, 0.25) is 5.91 Å². The van der Waals surface area contributed by atoms with Gasteiger partial charge in [0.1, 0.15) is 0 Å². The molecule has 156 valence electrons. The van der Waals surface area contributed by atoms with Crippen LogP contribution in [0.2, 0.25) is 0 Å².